The highest BCUT2D eigenvalue weighted by molar-refractivity contribution is 6.04. The third kappa shape index (κ3) is 6.23. The minimum Gasteiger partial charge on any atom is -0.479 e. The first-order valence-electron chi connectivity index (χ1n) is 8.54. The number of carbonyl (C=O) groups excluding carboxylic acids is 2. The molecule has 0 aliphatic heterocycles. The van der Waals surface area contributed by atoms with Crippen molar-refractivity contribution in [3.05, 3.63) is 71.8 Å². The molecule has 0 bridgehead atoms. The van der Waals surface area contributed by atoms with E-state index in [2.05, 4.69) is 0 Å². The van der Waals surface area contributed by atoms with Gasteiger partial charge in [0.25, 0.3) is 0 Å². The summed E-state index contributed by atoms with van der Waals surface area (Å²) in [6.45, 7) is -0.0785. The zero-order valence-corrected chi connectivity index (χ0v) is 14.8. The molecule has 2 rings (SSSR count). The second-order valence-electron chi connectivity index (χ2n) is 5.97. The van der Waals surface area contributed by atoms with Crippen molar-refractivity contribution in [3.8, 4) is 0 Å². The molecule has 27 heavy (non-hydrogen) atoms. The van der Waals surface area contributed by atoms with Crippen molar-refractivity contribution in [1.29, 1.82) is 0 Å². The number of carboxylic acid groups (broad SMARTS) is 1. The average Bonchev–Trinajstić information content (AvgIpc) is 2.66. The van der Waals surface area contributed by atoms with E-state index in [4.69, 9.17) is 10.6 Å². The number of benzene rings is 2. The summed E-state index contributed by atoms with van der Waals surface area (Å²) in [6, 6.07) is 15.5. The maximum Gasteiger partial charge on any atom is 0.339 e. The molecule has 0 aliphatic rings. The van der Waals surface area contributed by atoms with Gasteiger partial charge in [-0.2, -0.15) is 5.06 Å². The number of amides is 2. The number of carboxylic acids is 1. The first-order chi connectivity index (χ1) is 13.0. The maximum atomic E-state index is 12.4. The molecule has 142 valence electrons. The Bertz CT molecular complexity index is 764. The molecule has 7 nitrogen and oxygen atoms in total. The number of aryl methyl sites for hydroxylation is 1. The summed E-state index contributed by atoms with van der Waals surface area (Å²) in [6.07, 6.45) is 1.07. The second kappa shape index (κ2) is 10.1. The molecule has 0 spiro atoms. The maximum absolute atomic E-state index is 12.4. The van der Waals surface area contributed by atoms with E-state index in [1.54, 1.807) is 24.3 Å². The number of nitrogens with zero attached hydrogens (tertiary/aromatic N) is 1. The molecule has 2 aromatic carbocycles. The minimum absolute atomic E-state index is 0.00959. The predicted octanol–water partition coefficient (Wildman–Crippen LogP) is 2.54. The van der Waals surface area contributed by atoms with Crippen molar-refractivity contribution in [3.63, 3.8) is 0 Å². The van der Waals surface area contributed by atoms with Gasteiger partial charge in [0.15, 0.2) is 5.78 Å². The van der Waals surface area contributed by atoms with Crippen LogP contribution in [0.5, 0.6) is 0 Å². The monoisotopic (exact) mass is 370 g/mol. The molecule has 0 saturated carbocycles. The molecule has 1 atom stereocenters. The van der Waals surface area contributed by atoms with Gasteiger partial charge in [-0.3, -0.25) is 9.63 Å². The summed E-state index contributed by atoms with van der Waals surface area (Å²) in [5, 5.41) is 9.87. The molecule has 0 aliphatic carbocycles. The van der Waals surface area contributed by atoms with Crippen molar-refractivity contribution < 1.29 is 24.3 Å². The van der Waals surface area contributed by atoms with E-state index in [0.29, 0.717) is 23.5 Å². The molecule has 0 heterocycles. The zero-order chi connectivity index (χ0) is 19.6. The fourth-order valence-corrected chi connectivity index (χ4v) is 2.60. The van der Waals surface area contributed by atoms with Crippen molar-refractivity contribution in [2.75, 3.05) is 0 Å². The van der Waals surface area contributed by atoms with Crippen LogP contribution in [0.1, 0.15) is 24.0 Å². The predicted molar refractivity (Wildman–Crippen MR) is 98.5 cm³/mol. The molecule has 2 amide bonds. The molecule has 2 aromatic rings. The SMILES string of the molecule is NC(=O)N(OCc1ccccc1)C(C(=O)O)C(=O)CCCc1ccccc1. The van der Waals surface area contributed by atoms with E-state index >= 15 is 0 Å². The van der Waals surface area contributed by atoms with Crippen LogP contribution in [-0.2, 0) is 27.5 Å². The lowest BCUT2D eigenvalue weighted by Crippen LogP contribution is -2.51. The van der Waals surface area contributed by atoms with Gasteiger partial charge < -0.3 is 10.8 Å². The molecule has 3 N–H and O–H groups in total. The first kappa shape index (κ1) is 20.1. The number of aliphatic carboxylic acids is 1. The van der Waals surface area contributed by atoms with Gasteiger partial charge in [-0.05, 0) is 24.0 Å². The largest absolute Gasteiger partial charge is 0.479 e. The molecule has 7 heteroatoms. The van der Waals surface area contributed by atoms with Gasteiger partial charge in [-0.25, -0.2) is 9.59 Å². The van der Waals surface area contributed by atoms with Crippen LogP contribution in [0.2, 0.25) is 0 Å². The van der Waals surface area contributed by atoms with Crippen LogP contribution in [0, 0.1) is 0 Å². The fraction of sp³-hybridized carbons (Fsp3) is 0.250. The number of urea groups is 1. The molecular weight excluding hydrogens is 348 g/mol. The van der Waals surface area contributed by atoms with Crippen LogP contribution < -0.4 is 5.73 Å². The smallest absolute Gasteiger partial charge is 0.339 e. The van der Waals surface area contributed by atoms with Gasteiger partial charge >= 0.3 is 12.0 Å². The fourth-order valence-electron chi connectivity index (χ4n) is 2.60. The highest BCUT2D eigenvalue weighted by Gasteiger charge is 2.36. The normalized spacial score (nSPS) is 11.6. The highest BCUT2D eigenvalue weighted by Crippen LogP contribution is 2.12. The Labute approximate surface area is 157 Å². The molecule has 0 saturated heterocycles. The molecule has 1 unspecified atom stereocenters. The Kier molecular flexibility index (Phi) is 7.51. The van der Waals surface area contributed by atoms with Crippen molar-refractivity contribution in [2.24, 2.45) is 5.73 Å². The van der Waals surface area contributed by atoms with E-state index in [1.807, 2.05) is 36.4 Å². The summed E-state index contributed by atoms with van der Waals surface area (Å²) in [5.74, 6) is -2.11. The number of hydrogen-bond acceptors (Lipinski definition) is 4. The van der Waals surface area contributed by atoms with Crippen molar-refractivity contribution in [1.82, 2.24) is 5.06 Å². The lowest BCUT2D eigenvalue weighted by atomic mass is 10.0. The van der Waals surface area contributed by atoms with Crippen LogP contribution in [0.4, 0.5) is 4.79 Å². The zero-order valence-electron chi connectivity index (χ0n) is 14.8. The summed E-state index contributed by atoms with van der Waals surface area (Å²) in [7, 11) is 0. The van der Waals surface area contributed by atoms with Gasteiger partial charge in [0.2, 0.25) is 6.04 Å². The van der Waals surface area contributed by atoms with E-state index in [-0.39, 0.29) is 13.0 Å². The Morgan fingerprint density at radius 3 is 2.04 bits per heavy atom. The average molecular weight is 370 g/mol. The summed E-state index contributed by atoms with van der Waals surface area (Å²) in [5.41, 5.74) is 7.00. The Balaban J connectivity index is 1.99. The minimum atomic E-state index is -1.78. The van der Waals surface area contributed by atoms with E-state index < -0.39 is 23.8 Å². The third-order valence-corrected chi connectivity index (χ3v) is 3.94. The van der Waals surface area contributed by atoms with Gasteiger partial charge in [0.1, 0.15) is 6.61 Å². The van der Waals surface area contributed by atoms with E-state index in [1.165, 1.54) is 0 Å². The molecule has 0 fully saturated rings. The van der Waals surface area contributed by atoms with Crippen LogP contribution in [0.3, 0.4) is 0 Å². The molecular formula is C20H22N2O5. The summed E-state index contributed by atoms with van der Waals surface area (Å²) < 4.78 is 0. The number of hydrogen-bond donors (Lipinski definition) is 2. The van der Waals surface area contributed by atoms with Crippen LogP contribution in [0.25, 0.3) is 0 Å². The highest BCUT2D eigenvalue weighted by atomic mass is 16.7. The number of hydroxylamine groups is 2. The summed E-state index contributed by atoms with van der Waals surface area (Å²) in [4.78, 5) is 40.9. The number of ketones is 1. The lowest BCUT2D eigenvalue weighted by Gasteiger charge is -2.25. The Hall–Kier alpha value is -3.19. The van der Waals surface area contributed by atoms with Crippen LogP contribution >= 0.6 is 0 Å². The van der Waals surface area contributed by atoms with E-state index in [9.17, 15) is 19.5 Å². The molecule has 0 aromatic heterocycles. The molecule has 0 radical (unpaired) electrons. The standard InChI is InChI=1S/C20H22N2O5/c21-20(26)22(27-14-16-10-5-2-6-11-16)18(19(24)25)17(23)13-7-12-15-8-3-1-4-9-15/h1-6,8-11,18H,7,12-14H2,(H2,21,26)(H,24,25). The topological polar surface area (TPSA) is 110 Å². The number of carbonyl (C=O) groups is 3. The van der Waals surface area contributed by atoms with Gasteiger partial charge in [-0.15, -0.1) is 0 Å². The summed E-state index contributed by atoms with van der Waals surface area (Å²) >= 11 is 0. The van der Waals surface area contributed by atoms with Gasteiger partial charge in [0.05, 0.1) is 0 Å². The number of Topliss-reactive ketones (excluding diaryl/α,β-unsaturated/α-hetero) is 1. The quantitative estimate of drug-likeness (QED) is 0.493. The second-order valence-corrected chi connectivity index (χ2v) is 5.97. The number of nitrogens with two attached hydrogens (primary N) is 1. The van der Waals surface area contributed by atoms with Crippen LogP contribution in [-0.4, -0.2) is 34.0 Å². The lowest BCUT2D eigenvalue weighted by molar-refractivity contribution is -0.181. The number of rotatable bonds is 10. The van der Waals surface area contributed by atoms with Gasteiger partial charge in [0, 0.05) is 6.42 Å². The Morgan fingerprint density at radius 2 is 1.52 bits per heavy atom. The van der Waals surface area contributed by atoms with Gasteiger partial charge in [-0.1, -0.05) is 60.7 Å². The van der Waals surface area contributed by atoms with Crippen molar-refractivity contribution in [2.45, 2.75) is 31.9 Å². The number of primary amides is 1. The van der Waals surface area contributed by atoms with Crippen LogP contribution in [0.15, 0.2) is 60.7 Å². The van der Waals surface area contributed by atoms with E-state index in [0.717, 1.165) is 5.56 Å². The third-order valence-electron chi connectivity index (χ3n) is 3.94. The first-order valence-corrected chi connectivity index (χ1v) is 8.54. The Morgan fingerprint density at radius 1 is 0.963 bits per heavy atom. The van der Waals surface area contributed by atoms with Crippen molar-refractivity contribution >= 4 is 17.8 Å².